The van der Waals surface area contributed by atoms with Crippen LogP contribution in [0.3, 0.4) is 0 Å². The zero-order valence-corrected chi connectivity index (χ0v) is 13.7. The van der Waals surface area contributed by atoms with Crippen LogP contribution in [-0.2, 0) is 11.8 Å². The molecule has 2 heterocycles. The molecule has 5 nitrogen and oxygen atoms in total. The first-order valence-corrected chi connectivity index (χ1v) is 8.03. The Hall–Kier alpha value is -1.36. The molecule has 2 unspecified atom stereocenters. The Morgan fingerprint density at radius 2 is 2.29 bits per heavy atom. The summed E-state index contributed by atoms with van der Waals surface area (Å²) in [5.41, 5.74) is 3.33. The average Bonchev–Trinajstić information content (AvgIpc) is 3.04. The summed E-state index contributed by atoms with van der Waals surface area (Å²) in [5, 5.41) is 11.0. The minimum Gasteiger partial charge on any atom is -0.349 e. The van der Waals surface area contributed by atoms with Gasteiger partial charge in [0.25, 0.3) is 0 Å². The van der Waals surface area contributed by atoms with Crippen molar-refractivity contribution in [3.63, 3.8) is 0 Å². The minimum absolute atomic E-state index is 0.0768. The lowest BCUT2D eigenvalue weighted by Crippen LogP contribution is -2.29. The zero-order valence-electron chi connectivity index (χ0n) is 13.7. The molecule has 1 fully saturated rings. The molecular weight excluding hydrogens is 264 g/mol. The number of nitrogens with zero attached hydrogens (tertiary/aromatic N) is 2. The minimum atomic E-state index is 0.0768. The number of nitrogens with one attached hydrogen (secondary N) is 2. The summed E-state index contributed by atoms with van der Waals surface area (Å²) in [6.45, 7) is 8.34. The second-order valence-electron chi connectivity index (χ2n) is 6.13. The third kappa shape index (κ3) is 3.84. The van der Waals surface area contributed by atoms with Crippen LogP contribution in [0.25, 0.3) is 0 Å². The topological polar surface area (TPSA) is 59.0 Å². The largest absolute Gasteiger partial charge is 0.349 e. The van der Waals surface area contributed by atoms with Crippen molar-refractivity contribution in [2.24, 2.45) is 13.0 Å². The van der Waals surface area contributed by atoms with Gasteiger partial charge in [-0.1, -0.05) is 6.92 Å². The highest BCUT2D eigenvalue weighted by molar-refractivity contribution is 5.76. The molecule has 0 aliphatic carbocycles. The number of rotatable bonds is 6. The third-order valence-corrected chi connectivity index (χ3v) is 4.60. The smallest absolute Gasteiger partial charge is 0.220 e. The Bertz CT molecular complexity index is 489. The molecule has 1 amide bonds. The Morgan fingerprint density at radius 3 is 2.81 bits per heavy atom. The molecule has 1 saturated heterocycles. The molecule has 0 spiro atoms. The van der Waals surface area contributed by atoms with E-state index >= 15 is 0 Å². The SMILES string of the molecule is CCC(NC(=O)CCC1CCNC1)c1c(C)nn(C)c1C. The van der Waals surface area contributed by atoms with E-state index in [1.165, 1.54) is 12.0 Å². The summed E-state index contributed by atoms with van der Waals surface area (Å²) >= 11 is 0. The van der Waals surface area contributed by atoms with Gasteiger partial charge in [0.05, 0.1) is 11.7 Å². The van der Waals surface area contributed by atoms with Crippen LogP contribution in [0.4, 0.5) is 0 Å². The second-order valence-corrected chi connectivity index (χ2v) is 6.13. The van der Waals surface area contributed by atoms with Crippen LogP contribution in [0.5, 0.6) is 0 Å². The fourth-order valence-electron chi connectivity index (χ4n) is 3.24. The van der Waals surface area contributed by atoms with Gasteiger partial charge < -0.3 is 10.6 Å². The average molecular weight is 292 g/mol. The van der Waals surface area contributed by atoms with Gasteiger partial charge in [0.2, 0.25) is 5.91 Å². The third-order valence-electron chi connectivity index (χ3n) is 4.60. The number of carbonyl (C=O) groups excluding carboxylic acids is 1. The van der Waals surface area contributed by atoms with Gasteiger partial charge >= 0.3 is 0 Å². The summed E-state index contributed by atoms with van der Waals surface area (Å²) in [7, 11) is 1.95. The van der Waals surface area contributed by atoms with Gasteiger partial charge in [-0.3, -0.25) is 9.48 Å². The van der Waals surface area contributed by atoms with Gasteiger partial charge in [0.15, 0.2) is 0 Å². The molecule has 21 heavy (non-hydrogen) atoms. The Kier molecular flexibility index (Phi) is 5.39. The van der Waals surface area contributed by atoms with Crippen LogP contribution in [0, 0.1) is 19.8 Å². The van der Waals surface area contributed by atoms with Crippen molar-refractivity contribution in [1.82, 2.24) is 20.4 Å². The van der Waals surface area contributed by atoms with Crippen LogP contribution >= 0.6 is 0 Å². The Labute approximate surface area is 127 Å². The van der Waals surface area contributed by atoms with Crippen molar-refractivity contribution in [3.05, 3.63) is 17.0 Å². The van der Waals surface area contributed by atoms with E-state index in [4.69, 9.17) is 0 Å². The number of hydrogen-bond donors (Lipinski definition) is 2. The van der Waals surface area contributed by atoms with Crippen molar-refractivity contribution in [2.45, 2.75) is 52.5 Å². The fourth-order valence-corrected chi connectivity index (χ4v) is 3.24. The van der Waals surface area contributed by atoms with Gasteiger partial charge in [-0.2, -0.15) is 5.10 Å². The normalized spacial score (nSPS) is 19.7. The van der Waals surface area contributed by atoms with Gasteiger partial charge in [-0.25, -0.2) is 0 Å². The van der Waals surface area contributed by atoms with Gasteiger partial charge in [-0.05, 0) is 52.1 Å². The molecule has 1 aromatic heterocycles. The lowest BCUT2D eigenvalue weighted by Gasteiger charge is -2.18. The summed E-state index contributed by atoms with van der Waals surface area (Å²) < 4.78 is 1.89. The van der Waals surface area contributed by atoms with E-state index < -0.39 is 0 Å². The number of amides is 1. The van der Waals surface area contributed by atoms with Crippen molar-refractivity contribution in [2.75, 3.05) is 13.1 Å². The molecule has 0 radical (unpaired) electrons. The number of carbonyl (C=O) groups is 1. The molecule has 118 valence electrons. The highest BCUT2D eigenvalue weighted by atomic mass is 16.1. The molecule has 2 atom stereocenters. The number of aromatic nitrogens is 2. The van der Waals surface area contributed by atoms with Crippen molar-refractivity contribution < 1.29 is 4.79 Å². The van der Waals surface area contributed by atoms with Crippen LogP contribution in [0.2, 0.25) is 0 Å². The van der Waals surface area contributed by atoms with Crippen molar-refractivity contribution in [1.29, 1.82) is 0 Å². The van der Waals surface area contributed by atoms with Crippen LogP contribution < -0.4 is 10.6 Å². The number of aryl methyl sites for hydroxylation is 2. The van der Waals surface area contributed by atoms with Gasteiger partial charge in [0, 0.05) is 24.7 Å². The molecule has 2 rings (SSSR count). The molecular formula is C16H28N4O. The van der Waals surface area contributed by atoms with Crippen LogP contribution in [-0.4, -0.2) is 28.8 Å². The number of hydrogen-bond acceptors (Lipinski definition) is 3. The molecule has 0 saturated carbocycles. The fraction of sp³-hybridized carbons (Fsp3) is 0.750. The summed E-state index contributed by atoms with van der Waals surface area (Å²) in [6, 6.07) is 0.0768. The first kappa shape index (κ1) is 16.0. The van der Waals surface area contributed by atoms with Crippen LogP contribution in [0.15, 0.2) is 0 Å². The highest BCUT2D eigenvalue weighted by Crippen LogP contribution is 2.24. The zero-order chi connectivity index (χ0) is 15.4. The molecule has 0 aromatic carbocycles. The monoisotopic (exact) mass is 292 g/mol. The summed E-state index contributed by atoms with van der Waals surface area (Å²) in [4.78, 5) is 12.2. The van der Waals surface area contributed by atoms with E-state index in [0.717, 1.165) is 37.3 Å². The molecule has 2 N–H and O–H groups in total. The van der Waals surface area contributed by atoms with Gasteiger partial charge in [0.1, 0.15) is 0 Å². The van der Waals surface area contributed by atoms with Crippen molar-refractivity contribution in [3.8, 4) is 0 Å². The molecule has 1 aliphatic rings. The first-order valence-electron chi connectivity index (χ1n) is 8.03. The van der Waals surface area contributed by atoms with E-state index in [0.29, 0.717) is 12.3 Å². The predicted molar refractivity (Wildman–Crippen MR) is 84.1 cm³/mol. The molecule has 1 aliphatic heterocycles. The Balaban J connectivity index is 1.93. The summed E-state index contributed by atoms with van der Waals surface area (Å²) in [5.74, 6) is 0.828. The lowest BCUT2D eigenvalue weighted by molar-refractivity contribution is -0.122. The molecule has 0 bridgehead atoms. The van der Waals surface area contributed by atoms with Crippen molar-refractivity contribution >= 4 is 5.91 Å². The lowest BCUT2D eigenvalue weighted by atomic mass is 10.00. The maximum Gasteiger partial charge on any atom is 0.220 e. The molecule has 5 heteroatoms. The first-order chi connectivity index (χ1) is 10.0. The summed E-state index contributed by atoms with van der Waals surface area (Å²) in [6.07, 6.45) is 3.71. The Morgan fingerprint density at radius 1 is 1.52 bits per heavy atom. The predicted octanol–water partition coefficient (Wildman–Crippen LogP) is 1.99. The maximum absolute atomic E-state index is 12.2. The van der Waals surface area contributed by atoms with E-state index in [-0.39, 0.29) is 11.9 Å². The quantitative estimate of drug-likeness (QED) is 0.843. The van der Waals surface area contributed by atoms with E-state index in [9.17, 15) is 4.79 Å². The highest BCUT2D eigenvalue weighted by Gasteiger charge is 2.21. The van der Waals surface area contributed by atoms with E-state index in [1.807, 2.05) is 18.7 Å². The van der Waals surface area contributed by atoms with E-state index in [1.54, 1.807) is 0 Å². The van der Waals surface area contributed by atoms with E-state index in [2.05, 4.69) is 29.6 Å². The van der Waals surface area contributed by atoms with Crippen LogP contribution in [0.1, 0.15) is 55.6 Å². The second kappa shape index (κ2) is 7.07. The maximum atomic E-state index is 12.2. The molecule has 1 aromatic rings. The standard InChI is InChI=1S/C16H28N4O/c1-5-14(16-11(2)19-20(4)12(16)3)18-15(21)7-6-13-8-9-17-10-13/h13-14,17H,5-10H2,1-4H3,(H,18,21). The van der Waals surface area contributed by atoms with Gasteiger partial charge in [-0.15, -0.1) is 0 Å².